The summed E-state index contributed by atoms with van der Waals surface area (Å²) in [5.74, 6) is 0.930. The molecule has 70 valence electrons. The largest absolute Gasteiger partial charge is 0.399 e. The first-order valence-electron chi connectivity index (χ1n) is 4.24. The van der Waals surface area contributed by atoms with E-state index in [1.54, 1.807) is 12.3 Å². The van der Waals surface area contributed by atoms with Gasteiger partial charge in [-0.3, -0.25) is 4.98 Å². The predicted molar refractivity (Wildman–Crippen MR) is 54.6 cm³/mol. The molecule has 0 aromatic carbocycles. The molecular formula is C9H12N2OS. The van der Waals surface area contributed by atoms with Gasteiger partial charge in [-0.1, -0.05) is 0 Å². The van der Waals surface area contributed by atoms with Crippen LogP contribution in [0.25, 0.3) is 0 Å². The van der Waals surface area contributed by atoms with Crippen molar-refractivity contribution >= 4 is 17.4 Å². The maximum atomic E-state index is 5.64. The Morgan fingerprint density at radius 2 is 2.46 bits per heavy atom. The third kappa shape index (κ3) is 2.35. The zero-order valence-electron chi connectivity index (χ0n) is 7.27. The molecule has 0 aliphatic carbocycles. The Bertz CT molecular complexity index is 289. The van der Waals surface area contributed by atoms with E-state index < -0.39 is 0 Å². The minimum Gasteiger partial charge on any atom is -0.399 e. The molecule has 0 bridgehead atoms. The number of hydrogen-bond donors (Lipinski definition) is 1. The van der Waals surface area contributed by atoms with Crippen LogP contribution in [0.15, 0.2) is 18.3 Å². The number of thioether (sulfide) groups is 1. The molecule has 3 nitrogen and oxygen atoms in total. The van der Waals surface area contributed by atoms with Crippen LogP contribution in [-0.2, 0) is 10.5 Å². The summed E-state index contributed by atoms with van der Waals surface area (Å²) in [6, 6.07) is 3.73. The molecule has 2 rings (SSSR count). The predicted octanol–water partition coefficient (Wildman–Crippen LogP) is 1.30. The van der Waals surface area contributed by atoms with Gasteiger partial charge < -0.3 is 10.5 Å². The van der Waals surface area contributed by atoms with Crippen LogP contribution in [0.4, 0.5) is 5.69 Å². The molecule has 1 aromatic rings. The van der Waals surface area contributed by atoms with Gasteiger partial charge in [0.25, 0.3) is 0 Å². The van der Waals surface area contributed by atoms with Gasteiger partial charge in [0.1, 0.15) is 0 Å². The maximum absolute atomic E-state index is 5.64. The van der Waals surface area contributed by atoms with Crippen LogP contribution in [0.1, 0.15) is 5.69 Å². The van der Waals surface area contributed by atoms with E-state index in [4.69, 9.17) is 10.5 Å². The average Bonchev–Trinajstić information content (AvgIpc) is 2.01. The number of nitrogens with two attached hydrogens (primary N) is 1. The molecule has 0 amide bonds. The van der Waals surface area contributed by atoms with Crippen molar-refractivity contribution in [2.45, 2.75) is 11.0 Å². The molecule has 4 heteroatoms. The fourth-order valence-electron chi connectivity index (χ4n) is 1.09. The Kier molecular flexibility index (Phi) is 2.71. The van der Waals surface area contributed by atoms with E-state index in [0.717, 1.165) is 30.3 Å². The number of pyridine rings is 1. The molecular weight excluding hydrogens is 184 g/mol. The number of nitrogens with zero attached hydrogens (tertiary/aromatic N) is 1. The van der Waals surface area contributed by atoms with Crippen LogP contribution < -0.4 is 5.73 Å². The summed E-state index contributed by atoms with van der Waals surface area (Å²) < 4.78 is 5.08. The topological polar surface area (TPSA) is 48.1 Å². The monoisotopic (exact) mass is 196 g/mol. The van der Waals surface area contributed by atoms with Crippen LogP contribution in [0.5, 0.6) is 0 Å². The smallest absolute Gasteiger partial charge is 0.0608 e. The summed E-state index contributed by atoms with van der Waals surface area (Å²) >= 11 is 1.88. The first-order chi connectivity index (χ1) is 6.34. The van der Waals surface area contributed by atoms with Crippen LogP contribution in [0, 0.1) is 0 Å². The highest BCUT2D eigenvalue weighted by Gasteiger charge is 2.18. The van der Waals surface area contributed by atoms with Crippen molar-refractivity contribution in [1.29, 1.82) is 0 Å². The number of nitrogen functional groups attached to an aromatic ring is 1. The molecule has 1 fully saturated rings. The lowest BCUT2D eigenvalue weighted by molar-refractivity contribution is 0.0455. The summed E-state index contributed by atoms with van der Waals surface area (Å²) in [5.41, 5.74) is 7.48. The van der Waals surface area contributed by atoms with Crippen LogP contribution in [-0.4, -0.2) is 23.4 Å². The zero-order valence-corrected chi connectivity index (χ0v) is 8.09. The van der Waals surface area contributed by atoms with Gasteiger partial charge in [-0.25, -0.2) is 0 Å². The van der Waals surface area contributed by atoms with Crippen molar-refractivity contribution in [2.24, 2.45) is 0 Å². The summed E-state index contributed by atoms with van der Waals surface area (Å²) in [4.78, 5) is 4.23. The van der Waals surface area contributed by atoms with E-state index in [1.807, 2.05) is 17.8 Å². The minimum absolute atomic E-state index is 0.656. The summed E-state index contributed by atoms with van der Waals surface area (Å²) in [6.45, 7) is 1.76. The van der Waals surface area contributed by atoms with Gasteiger partial charge in [0.15, 0.2) is 0 Å². The molecule has 1 saturated heterocycles. The SMILES string of the molecule is Nc1ccnc(CSC2COC2)c1. The molecule has 1 aliphatic heterocycles. The standard InChI is InChI=1S/C9H12N2OS/c10-7-1-2-11-8(3-7)6-13-9-4-12-5-9/h1-3,9H,4-6H2,(H2,10,11). The Morgan fingerprint density at radius 3 is 3.08 bits per heavy atom. The fourth-order valence-corrected chi connectivity index (χ4v) is 2.04. The number of aromatic nitrogens is 1. The lowest BCUT2D eigenvalue weighted by Crippen LogP contribution is -2.30. The van der Waals surface area contributed by atoms with Gasteiger partial charge in [-0.05, 0) is 12.1 Å². The molecule has 0 saturated carbocycles. The lowest BCUT2D eigenvalue weighted by atomic mass is 10.3. The number of anilines is 1. The molecule has 2 heterocycles. The Hall–Kier alpha value is -0.740. The second kappa shape index (κ2) is 3.98. The Balaban J connectivity index is 1.86. The maximum Gasteiger partial charge on any atom is 0.0608 e. The third-order valence-electron chi connectivity index (χ3n) is 1.92. The normalized spacial score (nSPS) is 16.9. The highest BCUT2D eigenvalue weighted by molar-refractivity contribution is 7.99. The van der Waals surface area contributed by atoms with Crippen molar-refractivity contribution < 1.29 is 4.74 Å². The van der Waals surface area contributed by atoms with Crippen LogP contribution in [0.2, 0.25) is 0 Å². The number of ether oxygens (including phenoxy) is 1. The average molecular weight is 196 g/mol. The summed E-state index contributed by atoms with van der Waals surface area (Å²) in [5, 5.41) is 0.656. The van der Waals surface area contributed by atoms with E-state index in [0.29, 0.717) is 5.25 Å². The van der Waals surface area contributed by atoms with Crippen molar-refractivity contribution in [1.82, 2.24) is 4.98 Å². The van der Waals surface area contributed by atoms with E-state index in [9.17, 15) is 0 Å². The molecule has 0 atom stereocenters. The van der Waals surface area contributed by atoms with E-state index >= 15 is 0 Å². The summed E-state index contributed by atoms with van der Waals surface area (Å²) in [6.07, 6.45) is 1.75. The first-order valence-corrected chi connectivity index (χ1v) is 5.29. The third-order valence-corrected chi connectivity index (χ3v) is 3.12. The fraction of sp³-hybridized carbons (Fsp3) is 0.444. The first kappa shape index (κ1) is 8.84. The van der Waals surface area contributed by atoms with Gasteiger partial charge in [0.2, 0.25) is 0 Å². The number of rotatable bonds is 3. The molecule has 2 N–H and O–H groups in total. The van der Waals surface area contributed by atoms with Gasteiger partial charge in [0.05, 0.1) is 24.2 Å². The quantitative estimate of drug-likeness (QED) is 0.791. The molecule has 13 heavy (non-hydrogen) atoms. The van der Waals surface area contributed by atoms with E-state index in [2.05, 4.69) is 4.98 Å². The van der Waals surface area contributed by atoms with Gasteiger partial charge in [-0.15, -0.1) is 11.8 Å². The highest BCUT2D eigenvalue weighted by atomic mass is 32.2. The van der Waals surface area contributed by atoms with Gasteiger partial charge >= 0.3 is 0 Å². The van der Waals surface area contributed by atoms with Gasteiger partial charge in [0, 0.05) is 17.6 Å². The molecule has 1 aromatic heterocycles. The second-order valence-electron chi connectivity index (χ2n) is 3.05. The van der Waals surface area contributed by atoms with Crippen molar-refractivity contribution in [3.05, 3.63) is 24.0 Å². The summed E-state index contributed by atoms with van der Waals surface area (Å²) in [7, 11) is 0. The van der Waals surface area contributed by atoms with E-state index in [1.165, 1.54) is 0 Å². The van der Waals surface area contributed by atoms with Crippen LogP contribution in [0.3, 0.4) is 0 Å². The highest BCUT2D eigenvalue weighted by Crippen LogP contribution is 2.22. The Labute approximate surface area is 81.7 Å². The lowest BCUT2D eigenvalue weighted by Gasteiger charge is -2.24. The zero-order chi connectivity index (χ0) is 9.10. The Morgan fingerprint density at radius 1 is 1.62 bits per heavy atom. The van der Waals surface area contributed by atoms with Crippen LogP contribution >= 0.6 is 11.8 Å². The van der Waals surface area contributed by atoms with Crippen molar-refractivity contribution in [3.8, 4) is 0 Å². The molecule has 0 unspecified atom stereocenters. The molecule has 0 spiro atoms. The second-order valence-corrected chi connectivity index (χ2v) is 4.34. The van der Waals surface area contributed by atoms with E-state index in [-0.39, 0.29) is 0 Å². The van der Waals surface area contributed by atoms with Gasteiger partial charge in [-0.2, -0.15) is 0 Å². The molecule has 0 radical (unpaired) electrons. The minimum atomic E-state index is 0.656. The number of hydrogen-bond acceptors (Lipinski definition) is 4. The van der Waals surface area contributed by atoms with Crippen molar-refractivity contribution in [3.63, 3.8) is 0 Å². The molecule has 1 aliphatic rings. The van der Waals surface area contributed by atoms with Crippen molar-refractivity contribution in [2.75, 3.05) is 18.9 Å².